The zero-order valence-corrected chi connectivity index (χ0v) is 21.3. The predicted octanol–water partition coefficient (Wildman–Crippen LogP) is 4.88. The van der Waals surface area contributed by atoms with Gasteiger partial charge < -0.3 is 29.0 Å². The second kappa shape index (κ2) is 12.9. The van der Waals surface area contributed by atoms with Crippen LogP contribution in [0.15, 0.2) is 36.4 Å². The number of anilines is 1. The maximum Gasteiger partial charge on any atom is 0.373 e. The van der Waals surface area contributed by atoms with Crippen LogP contribution in [0.2, 0.25) is 5.02 Å². The Morgan fingerprint density at radius 3 is 2.53 bits per heavy atom. The highest BCUT2D eigenvalue weighted by Crippen LogP contribution is 2.40. The third kappa shape index (κ3) is 7.11. The maximum absolute atomic E-state index is 12.1. The fourth-order valence-corrected chi connectivity index (χ4v) is 3.26. The number of carbonyl (C=O) groups excluding carboxylic acids is 1. The summed E-state index contributed by atoms with van der Waals surface area (Å²) in [6.45, 7) is 3.28. The SMILES string of the molecule is CCOC(=O)CNc1nc(Oc2cc(Cl)cc(OC)c2)nc(Oc2cc(C#N)ccc2OCC)c1[N+](=O)[O-]. The smallest absolute Gasteiger partial charge is 0.373 e. The number of aromatic nitrogens is 2. The van der Waals surface area contributed by atoms with Crippen molar-refractivity contribution in [1.29, 1.82) is 5.26 Å². The molecule has 3 rings (SSSR count). The second-order valence-electron chi connectivity index (χ2n) is 7.16. The van der Waals surface area contributed by atoms with Crippen LogP contribution in [0.25, 0.3) is 0 Å². The summed E-state index contributed by atoms with van der Waals surface area (Å²) in [7, 11) is 1.44. The lowest BCUT2D eigenvalue weighted by molar-refractivity contribution is -0.385. The summed E-state index contributed by atoms with van der Waals surface area (Å²) in [6.07, 6.45) is 0. The Bertz CT molecular complexity index is 1380. The molecule has 0 spiro atoms. The summed E-state index contributed by atoms with van der Waals surface area (Å²) in [5.41, 5.74) is -0.488. The quantitative estimate of drug-likeness (QED) is 0.187. The lowest BCUT2D eigenvalue weighted by atomic mass is 10.2. The van der Waals surface area contributed by atoms with Crippen LogP contribution >= 0.6 is 11.6 Å². The molecule has 0 bridgehead atoms. The van der Waals surface area contributed by atoms with Crippen molar-refractivity contribution in [1.82, 2.24) is 9.97 Å². The van der Waals surface area contributed by atoms with Crippen LogP contribution in [0, 0.1) is 21.4 Å². The Hall–Kier alpha value is -4.83. The summed E-state index contributed by atoms with van der Waals surface area (Å²) in [5.74, 6) is -0.872. The molecule has 0 aliphatic carbocycles. The molecular weight excluding hydrogens is 522 g/mol. The van der Waals surface area contributed by atoms with Gasteiger partial charge in [0.1, 0.15) is 18.0 Å². The molecule has 0 radical (unpaired) electrons. The normalized spacial score (nSPS) is 10.2. The monoisotopic (exact) mass is 543 g/mol. The van der Waals surface area contributed by atoms with Crippen molar-refractivity contribution in [3.63, 3.8) is 0 Å². The number of nitrogens with one attached hydrogen (secondary N) is 1. The molecule has 0 saturated carbocycles. The first-order valence-corrected chi connectivity index (χ1v) is 11.5. The van der Waals surface area contributed by atoms with Crippen LogP contribution in [0.5, 0.6) is 34.9 Å². The zero-order valence-electron chi connectivity index (χ0n) is 20.5. The van der Waals surface area contributed by atoms with Crippen LogP contribution in [0.1, 0.15) is 19.4 Å². The van der Waals surface area contributed by atoms with Gasteiger partial charge in [-0.1, -0.05) is 11.6 Å². The van der Waals surface area contributed by atoms with Crippen molar-refractivity contribution in [2.75, 3.05) is 32.2 Å². The highest BCUT2D eigenvalue weighted by Gasteiger charge is 2.29. The number of methoxy groups -OCH3 is 1. The fraction of sp³-hybridized carbons (Fsp3) is 0.250. The molecule has 0 amide bonds. The topological polar surface area (TPSA) is 168 Å². The van der Waals surface area contributed by atoms with E-state index in [4.69, 9.17) is 35.3 Å². The number of rotatable bonds is 12. The fourth-order valence-electron chi connectivity index (χ4n) is 3.04. The van der Waals surface area contributed by atoms with Gasteiger partial charge in [-0.25, -0.2) is 0 Å². The van der Waals surface area contributed by atoms with Gasteiger partial charge in [-0.15, -0.1) is 0 Å². The maximum atomic E-state index is 12.1. The first-order valence-electron chi connectivity index (χ1n) is 11.1. The van der Waals surface area contributed by atoms with Gasteiger partial charge in [0.2, 0.25) is 5.82 Å². The summed E-state index contributed by atoms with van der Waals surface area (Å²) >= 11 is 6.10. The van der Waals surface area contributed by atoms with E-state index in [1.807, 2.05) is 6.07 Å². The molecule has 0 fully saturated rings. The van der Waals surface area contributed by atoms with Crippen molar-refractivity contribution in [3.05, 3.63) is 57.1 Å². The number of hydrogen-bond acceptors (Lipinski definition) is 12. The number of hydrogen-bond donors (Lipinski definition) is 1. The molecule has 1 heterocycles. The van der Waals surface area contributed by atoms with E-state index in [2.05, 4.69) is 15.3 Å². The number of nitrogens with zero attached hydrogens (tertiary/aromatic N) is 4. The Kier molecular flexibility index (Phi) is 9.44. The van der Waals surface area contributed by atoms with Crippen molar-refractivity contribution in [2.45, 2.75) is 13.8 Å². The number of carbonyl (C=O) groups is 1. The van der Waals surface area contributed by atoms with Crippen LogP contribution < -0.4 is 24.3 Å². The van der Waals surface area contributed by atoms with Gasteiger partial charge in [0.25, 0.3) is 0 Å². The molecule has 1 N–H and O–H groups in total. The molecule has 3 aromatic rings. The molecule has 0 atom stereocenters. The zero-order chi connectivity index (χ0) is 27.7. The minimum Gasteiger partial charge on any atom is -0.497 e. The van der Waals surface area contributed by atoms with Crippen molar-refractivity contribution < 1.29 is 33.4 Å². The summed E-state index contributed by atoms with van der Waals surface area (Å²) < 4.78 is 27.1. The molecule has 0 saturated heterocycles. The highest BCUT2D eigenvalue weighted by molar-refractivity contribution is 6.30. The van der Waals surface area contributed by atoms with E-state index in [0.29, 0.717) is 5.75 Å². The summed E-state index contributed by atoms with van der Waals surface area (Å²) in [6, 6.07) is 10.4. The van der Waals surface area contributed by atoms with E-state index in [-0.39, 0.29) is 52.9 Å². The second-order valence-corrected chi connectivity index (χ2v) is 7.60. The van der Waals surface area contributed by atoms with Crippen LogP contribution in [-0.4, -0.2) is 47.7 Å². The van der Waals surface area contributed by atoms with Gasteiger partial charge >= 0.3 is 23.5 Å². The molecule has 0 aliphatic rings. The third-order valence-corrected chi connectivity index (χ3v) is 4.81. The average Bonchev–Trinajstić information content (AvgIpc) is 2.88. The lowest BCUT2D eigenvalue weighted by Crippen LogP contribution is -2.18. The minimum absolute atomic E-state index is 0.0144. The van der Waals surface area contributed by atoms with Gasteiger partial charge in [-0.05, 0) is 38.1 Å². The number of nitriles is 1. The Labute approximate surface area is 222 Å². The van der Waals surface area contributed by atoms with Gasteiger partial charge in [-0.2, -0.15) is 15.2 Å². The Morgan fingerprint density at radius 2 is 1.87 bits per heavy atom. The first kappa shape index (κ1) is 27.8. The van der Waals surface area contributed by atoms with Crippen LogP contribution in [0.3, 0.4) is 0 Å². The molecule has 13 nitrogen and oxygen atoms in total. The van der Waals surface area contributed by atoms with E-state index >= 15 is 0 Å². The number of ether oxygens (including phenoxy) is 5. The molecule has 38 heavy (non-hydrogen) atoms. The summed E-state index contributed by atoms with van der Waals surface area (Å²) in [5, 5.41) is 24.2. The van der Waals surface area contributed by atoms with E-state index in [1.165, 1.54) is 37.4 Å². The number of esters is 1. The molecule has 198 valence electrons. The molecule has 0 aliphatic heterocycles. The van der Waals surface area contributed by atoms with E-state index in [1.54, 1.807) is 19.9 Å². The average molecular weight is 544 g/mol. The summed E-state index contributed by atoms with van der Waals surface area (Å²) in [4.78, 5) is 31.3. The molecule has 1 aromatic heterocycles. The van der Waals surface area contributed by atoms with Gasteiger partial charge in [-0.3, -0.25) is 14.9 Å². The standard InChI is InChI=1S/C24H22ClN5O8/c1-4-35-18-7-6-14(12-26)8-19(18)38-23-21(30(32)33)22(27-13-20(31)36-5-2)28-24(29-23)37-17-10-15(25)9-16(11-17)34-3/h6-11H,4-5,13H2,1-3H3,(H,27,28,29). The van der Waals surface area contributed by atoms with Crippen molar-refractivity contribution in [3.8, 4) is 41.0 Å². The predicted molar refractivity (Wildman–Crippen MR) is 134 cm³/mol. The molecular formula is C24H22ClN5O8. The van der Waals surface area contributed by atoms with Crippen LogP contribution in [-0.2, 0) is 9.53 Å². The van der Waals surface area contributed by atoms with E-state index in [9.17, 15) is 20.2 Å². The Balaban J connectivity index is 2.13. The van der Waals surface area contributed by atoms with Crippen molar-refractivity contribution >= 4 is 29.1 Å². The van der Waals surface area contributed by atoms with E-state index in [0.717, 1.165) is 0 Å². The Morgan fingerprint density at radius 1 is 1.11 bits per heavy atom. The van der Waals surface area contributed by atoms with E-state index < -0.39 is 29.0 Å². The molecule has 14 heteroatoms. The first-order chi connectivity index (χ1) is 18.3. The number of nitro groups is 1. The molecule has 2 aromatic carbocycles. The van der Waals surface area contributed by atoms with Gasteiger partial charge in [0.15, 0.2) is 11.5 Å². The third-order valence-electron chi connectivity index (χ3n) is 4.59. The van der Waals surface area contributed by atoms with Crippen molar-refractivity contribution in [2.24, 2.45) is 0 Å². The lowest BCUT2D eigenvalue weighted by Gasteiger charge is -2.14. The minimum atomic E-state index is -0.788. The van der Waals surface area contributed by atoms with Crippen LogP contribution in [0.4, 0.5) is 11.5 Å². The van der Waals surface area contributed by atoms with Gasteiger partial charge in [0.05, 0.1) is 36.9 Å². The molecule has 0 unspecified atom stereocenters. The largest absolute Gasteiger partial charge is 0.497 e. The van der Waals surface area contributed by atoms with Gasteiger partial charge in [0, 0.05) is 17.2 Å². The number of benzene rings is 2. The number of halogens is 1. The highest BCUT2D eigenvalue weighted by atomic mass is 35.5.